The maximum absolute atomic E-state index is 12.4. The molecule has 2 aromatic rings. The van der Waals surface area contributed by atoms with E-state index >= 15 is 0 Å². The number of piperidine rings is 1. The zero-order valence-corrected chi connectivity index (χ0v) is 16.0. The highest BCUT2D eigenvalue weighted by atomic mass is 19.4. The number of aromatic nitrogens is 1. The van der Waals surface area contributed by atoms with Gasteiger partial charge in [0.15, 0.2) is 6.61 Å². The quantitative estimate of drug-likeness (QED) is 0.766. The van der Waals surface area contributed by atoms with Crippen LogP contribution in [0.25, 0.3) is 0 Å². The van der Waals surface area contributed by atoms with Gasteiger partial charge in [0.05, 0.1) is 11.9 Å². The number of urea groups is 1. The van der Waals surface area contributed by atoms with Crippen LogP contribution in [-0.2, 0) is 4.79 Å². The van der Waals surface area contributed by atoms with E-state index in [1.807, 2.05) is 18.2 Å². The van der Waals surface area contributed by atoms with Crippen LogP contribution in [-0.4, -0.2) is 47.7 Å². The summed E-state index contributed by atoms with van der Waals surface area (Å²) in [4.78, 5) is 30.2. The number of nitrogens with one attached hydrogen (secondary N) is 2. The van der Waals surface area contributed by atoms with Gasteiger partial charge < -0.3 is 20.3 Å². The highest BCUT2D eigenvalue weighted by molar-refractivity contribution is 5.93. The zero-order valence-electron chi connectivity index (χ0n) is 16.0. The first-order chi connectivity index (χ1) is 14.3. The van der Waals surface area contributed by atoms with Gasteiger partial charge >= 0.3 is 12.2 Å². The highest BCUT2D eigenvalue weighted by Gasteiger charge is 2.29. The number of ether oxygens (including phenoxy) is 1. The second-order valence-corrected chi connectivity index (χ2v) is 6.84. The molecule has 3 rings (SSSR count). The molecule has 1 aromatic heterocycles. The van der Waals surface area contributed by atoms with Crippen LogP contribution in [0.1, 0.15) is 12.8 Å². The van der Waals surface area contributed by atoms with Crippen molar-refractivity contribution in [3.05, 3.63) is 48.7 Å². The number of rotatable bonds is 5. The van der Waals surface area contributed by atoms with Crippen LogP contribution in [0, 0.1) is 5.92 Å². The molecule has 0 radical (unpaired) electrons. The molecule has 0 aliphatic carbocycles. The maximum Gasteiger partial charge on any atom is 0.422 e. The molecule has 0 bridgehead atoms. The second kappa shape index (κ2) is 9.47. The molecular weight excluding hydrogens is 401 g/mol. The number of amides is 3. The fraction of sp³-hybridized carbons (Fsp3) is 0.350. The van der Waals surface area contributed by atoms with Gasteiger partial charge in [-0.05, 0) is 31.0 Å². The molecule has 0 unspecified atom stereocenters. The summed E-state index contributed by atoms with van der Waals surface area (Å²) in [5.74, 6) is -0.668. The van der Waals surface area contributed by atoms with Gasteiger partial charge in [-0.15, -0.1) is 0 Å². The van der Waals surface area contributed by atoms with E-state index in [0.29, 0.717) is 37.3 Å². The lowest BCUT2D eigenvalue weighted by molar-refractivity contribution is -0.154. The molecule has 7 nitrogen and oxygen atoms in total. The van der Waals surface area contributed by atoms with Gasteiger partial charge in [-0.25, -0.2) is 9.78 Å². The monoisotopic (exact) mass is 422 g/mol. The third kappa shape index (κ3) is 6.36. The average molecular weight is 422 g/mol. The predicted molar refractivity (Wildman–Crippen MR) is 104 cm³/mol. The number of carbonyl (C=O) groups excluding carboxylic acids is 2. The highest BCUT2D eigenvalue weighted by Crippen LogP contribution is 2.22. The van der Waals surface area contributed by atoms with Crippen LogP contribution in [0.3, 0.4) is 0 Å². The molecule has 0 spiro atoms. The van der Waals surface area contributed by atoms with Gasteiger partial charge in [0, 0.05) is 30.8 Å². The summed E-state index contributed by atoms with van der Waals surface area (Å²) in [6.45, 7) is -0.541. The van der Waals surface area contributed by atoms with Gasteiger partial charge in [-0.3, -0.25) is 4.79 Å². The number of nitrogens with zero attached hydrogens (tertiary/aromatic N) is 2. The van der Waals surface area contributed by atoms with Crippen molar-refractivity contribution in [2.45, 2.75) is 19.0 Å². The molecule has 2 N–H and O–H groups in total. The lowest BCUT2D eigenvalue weighted by atomic mass is 9.96. The van der Waals surface area contributed by atoms with E-state index in [4.69, 9.17) is 0 Å². The Morgan fingerprint density at radius 3 is 2.33 bits per heavy atom. The largest absolute Gasteiger partial charge is 0.468 e. The first-order valence-electron chi connectivity index (χ1n) is 9.37. The molecule has 1 saturated heterocycles. The molecule has 1 aliphatic rings. The maximum atomic E-state index is 12.4. The van der Waals surface area contributed by atoms with Crippen molar-refractivity contribution in [2.24, 2.45) is 5.92 Å². The number of alkyl halides is 3. The Bertz CT molecular complexity index is 852. The minimum absolute atomic E-state index is 0.178. The Labute approximate surface area is 171 Å². The third-order valence-electron chi connectivity index (χ3n) is 4.57. The number of halogens is 3. The lowest BCUT2D eigenvalue weighted by Crippen LogP contribution is -2.43. The molecule has 2 heterocycles. The molecule has 10 heteroatoms. The lowest BCUT2D eigenvalue weighted by Gasteiger charge is -2.31. The van der Waals surface area contributed by atoms with Crippen molar-refractivity contribution in [1.29, 1.82) is 0 Å². The van der Waals surface area contributed by atoms with Gasteiger partial charge in [0.1, 0.15) is 0 Å². The molecule has 1 fully saturated rings. The van der Waals surface area contributed by atoms with Gasteiger partial charge in [-0.2, -0.15) is 13.2 Å². The van der Waals surface area contributed by atoms with Crippen LogP contribution < -0.4 is 15.4 Å². The Hall–Kier alpha value is -3.30. The van der Waals surface area contributed by atoms with E-state index in [0.717, 1.165) is 0 Å². The Morgan fingerprint density at radius 2 is 1.73 bits per heavy atom. The number of benzene rings is 1. The van der Waals surface area contributed by atoms with Crippen molar-refractivity contribution < 1.29 is 27.5 Å². The Morgan fingerprint density at radius 1 is 1.03 bits per heavy atom. The smallest absolute Gasteiger partial charge is 0.422 e. The standard InChI is InChI=1S/C20H21F3N4O3/c21-20(22,23)13-30-17-7-6-16(12-24-17)25-18(28)14-8-10-27(11-9-14)19(29)26-15-4-2-1-3-5-15/h1-7,12,14H,8-11,13H2,(H,25,28)(H,26,29). The third-order valence-corrected chi connectivity index (χ3v) is 4.57. The van der Waals surface area contributed by atoms with E-state index in [2.05, 4.69) is 20.4 Å². The number of hydrogen-bond donors (Lipinski definition) is 2. The van der Waals surface area contributed by atoms with Crippen molar-refractivity contribution in [3.8, 4) is 5.88 Å². The van der Waals surface area contributed by atoms with E-state index in [1.54, 1.807) is 17.0 Å². The summed E-state index contributed by atoms with van der Waals surface area (Å²) in [6, 6.07) is 11.6. The predicted octanol–water partition coefficient (Wildman–Crippen LogP) is 3.91. The van der Waals surface area contributed by atoms with Gasteiger partial charge in [0.25, 0.3) is 0 Å². The Kier molecular flexibility index (Phi) is 6.76. The number of carbonyl (C=O) groups is 2. The summed E-state index contributed by atoms with van der Waals surface area (Å²) < 4.78 is 41.0. The zero-order chi connectivity index (χ0) is 21.6. The van der Waals surface area contributed by atoms with Crippen LogP contribution in [0.4, 0.5) is 29.3 Å². The first kappa shape index (κ1) is 21.4. The molecule has 30 heavy (non-hydrogen) atoms. The van der Waals surface area contributed by atoms with Crippen LogP contribution >= 0.6 is 0 Å². The van der Waals surface area contributed by atoms with Crippen molar-refractivity contribution >= 4 is 23.3 Å². The fourth-order valence-electron chi connectivity index (χ4n) is 3.01. The number of pyridine rings is 1. The normalized spacial score (nSPS) is 14.8. The van der Waals surface area contributed by atoms with Crippen molar-refractivity contribution in [1.82, 2.24) is 9.88 Å². The van der Waals surface area contributed by atoms with E-state index in [9.17, 15) is 22.8 Å². The van der Waals surface area contributed by atoms with Gasteiger partial charge in [-0.1, -0.05) is 18.2 Å². The molecular formula is C20H21F3N4O3. The number of para-hydroxylation sites is 1. The van der Waals surface area contributed by atoms with E-state index < -0.39 is 12.8 Å². The summed E-state index contributed by atoms with van der Waals surface area (Å²) >= 11 is 0. The number of likely N-dealkylation sites (tertiary alicyclic amines) is 1. The number of hydrogen-bond acceptors (Lipinski definition) is 4. The first-order valence-corrected chi connectivity index (χ1v) is 9.37. The molecule has 1 aliphatic heterocycles. The van der Waals surface area contributed by atoms with Crippen LogP contribution in [0.15, 0.2) is 48.7 Å². The molecule has 0 saturated carbocycles. The summed E-state index contributed by atoms with van der Waals surface area (Å²) in [7, 11) is 0. The van der Waals surface area contributed by atoms with Crippen LogP contribution in [0.5, 0.6) is 5.88 Å². The van der Waals surface area contributed by atoms with Crippen molar-refractivity contribution in [3.63, 3.8) is 0 Å². The fourth-order valence-corrected chi connectivity index (χ4v) is 3.01. The number of anilines is 2. The van der Waals surface area contributed by atoms with E-state index in [1.165, 1.54) is 18.3 Å². The minimum atomic E-state index is -4.44. The second-order valence-electron chi connectivity index (χ2n) is 6.84. The summed E-state index contributed by atoms with van der Waals surface area (Å²) in [6.07, 6.45) is -2.18. The summed E-state index contributed by atoms with van der Waals surface area (Å²) in [5, 5.41) is 5.51. The molecule has 0 atom stereocenters. The minimum Gasteiger partial charge on any atom is -0.468 e. The van der Waals surface area contributed by atoms with Crippen LogP contribution in [0.2, 0.25) is 0 Å². The SMILES string of the molecule is O=C(Nc1ccc(OCC(F)(F)F)nc1)C1CCN(C(=O)Nc2ccccc2)CC1. The molecule has 3 amide bonds. The Balaban J connectivity index is 1.44. The van der Waals surface area contributed by atoms with Crippen molar-refractivity contribution in [2.75, 3.05) is 30.3 Å². The summed E-state index contributed by atoms with van der Waals surface area (Å²) in [5.41, 5.74) is 1.07. The topological polar surface area (TPSA) is 83.6 Å². The van der Waals surface area contributed by atoms with Gasteiger partial charge in [0.2, 0.25) is 11.8 Å². The molecule has 160 valence electrons. The van der Waals surface area contributed by atoms with E-state index in [-0.39, 0.29) is 23.7 Å². The average Bonchev–Trinajstić information content (AvgIpc) is 2.73. The molecule has 1 aromatic carbocycles.